The summed E-state index contributed by atoms with van der Waals surface area (Å²) in [5.41, 5.74) is 0. The molecular formula is C45H102O21Si12. The van der Waals surface area contributed by atoms with Crippen molar-refractivity contribution in [3.63, 3.8) is 0 Å². The molecule has 0 N–H and O–H groups in total. The Bertz CT molecular complexity index is 1900. The van der Waals surface area contributed by atoms with E-state index in [0.717, 1.165) is 66.4 Å². The minimum Gasteiger partial charge on any atom is -0.465 e. The van der Waals surface area contributed by atoms with E-state index in [1.54, 1.807) is 0 Å². The Kier molecular flexibility index (Phi) is 29.5. The van der Waals surface area contributed by atoms with Crippen LogP contribution in [0, 0.1) is 0 Å². The minimum absolute atomic E-state index is 0.0276. The molecule has 5 aliphatic rings. The fraction of sp³-hybridized carbons (Fsp3) is 0.889. The second-order valence-electron chi connectivity index (χ2n) is 26.4. The molecule has 0 spiro atoms. The average molecular weight is 1320 g/mol. The van der Waals surface area contributed by atoms with E-state index >= 15 is 0 Å². The smallest absolute Gasteiger partial charge is 0.465 e. The number of rotatable bonds is 28. The Morgan fingerprint density at radius 2 is 0.705 bits per heavy atom. The zero-order valence-corrected chi connectivity index (χ0v) is 65.3. The first-order valence-electron chi connectivity index (χ1n) is 27.6. The van der Waals surface area contributed by atoms with Gasteiger partial charge in [0, 0.05) is 0 Å². The molecule has 0 radical (unpaired) electrons. The van der Waals surface area contributed by atoms with Crippen molar-refractivity contribution in [1.82, 2.24) is 0 Å². The predicted molar refractivity (Wildman–Crippen MR) is 331 cm³/mol. The summed E-state index contributed by atoms with van der Waals surface area (Å²) in [6.45, 7) is 46.9. The van der Waals surface area contributed by atoms with Crippen LogP contribution in [0.3, 0.4) is 0 Å². The summed E-state index contributed by atoms with van der Waals surface area (Å²) in [7, 11) is -15.8. The van der Waals surface area contributed by atoms with E-state index in [-0.39, 0.29) is 30.5 Å². The zero-order valence-electron chi connectivity index (χ0n) is 51.5. The van der Waals surface area contributed by atoms with Crippen LogP contribution in [-0.2, 0) is 72.1 Å². The summed E-state index contributed by atoms with van der Waals surface area (Å²) >= 11 is 0. The van der Waals surface area contributed by atoms with Crippen molar-refractivity contribution in [2.45, 2.75) is 224 Å². The lowest BCUT2D eigenvalue weighted by Crippen LogP contribution is -2.63. The maximum absolute atomic E-state index is 11.1. The molecule has 0 aromatic heterocycles. The van der Waals surface area contributed by atoms with Gasteiger partial charge in [-0.15, -0.1) is 0 Å². The van der Waals surface area contributed by atoms with Gasteiger partial charge in [-0.05, 0) is 154 Å². The summed E-state index contributed by atoms with van der Waals surface area (Å²) in [4.78, 5) is 54.4. The molecule has 33 heteroatoms. The fourth-order valence-electron chi connectivity index (χ4n) is 8.58. The Morgan fingerprint density at radius 1 is 0.397 bits per heavy atom. The molecule has 5 rings (SSSR count). The summed E-state index contributed by atoms with van der Waals surface area (Å²) < 4.78 is 87.0. The van der Waals surface area contributed by atoms with Crippen molar-refractivity contribution in [2.24, 2.45) is 0 Å². The van der Waals surface area contributed by atoms with Gasteiger partial charge in [0.2, 0.25) is 0 Å². The number of cyclic esters (lactones) is 10. The summed E-state index contributed by atoms with van der Waals surface area (Å²) in [6.07, 6.45) is 0.772. The van der Waals surface area contributed by atoms with Crippen molar-refractivity contribution >= 4 is 134 Å². The molecule has 78 heavy (non-hydrogen) atoms. The highest BCUT2D eigenvalue weighted by molar-refractivity contribution is 7.39. The Labute approximate surface area is 483 Å². The number of hydrogen-bond donors (Lipinski definition) is 0. The first kappa shape index (κ1) is 72.8. The topological polar surface area (TPSA) is 233 Å². The second kappa shape index (κ2) is 31.6. The molecule has 5 heterocycles. The highest BCUT2D eigenvalue weighted by Gasteiger charge is 2.49. The molecular weight excluding hydrogens is 1210 g/mol. The fourth-order valence-corrected chi connectivity index (χ4v) is 57.7. The molecule has 0 aliphatic carbocycles. The monoisotopic (exact) mass is 1310 g/mol. The van der Waals surface area contributed by atoms with Crippen LogP contribution in [-0.4, -0.2) is 197 Å². The van der Waals surface area contributed by atoms with Gasteiger partial charge in [-0.2, -0.15) is 0 Å². The third kappa shape index (κ3) is 29.8. The SMILES string of the molecule is C[Si](C)(C)O[SiH2]CCC1COC(=O)O1.C[Si](C)(C)O[Si](C)(C)O[Si](C)(CCC1COC(=O)O1)[Si](C)(C)C.C[Si](C)(C)O[Si](C)(CCC1COC(=O)O1)O[SiH2]CCC1COC(=O)O1.C[Si](C)(C)[Si](C)(CCC1COC(=O)O1)O[SiH3]. The molecule has 0 aromatic carbocycles. The van der Waals surface area contributed by atoms with E-state index in [1.165, 1.54) is 0 Å². The third-order valence-electron chi connectivity index (χ3n) is 13.5. The molecule has 0 bridgehead atoms. The van der Waals surface area contributed by atoms with Crippen LogP contribution in [0.15, 0.2) is 0 Å². The third-order valence-corrected chi connectivity index (χ3v) is 71.7. The largest absolute Gasteiger partial charge is 0.508 e. The number of hydrogen-bond acceptors (Lipinski definition) is 21. The first-order valence-corrected chi connectivity index (χ1v) is 61.4. The number of carbonyl (C=O) groups is 5. The van der Waals surface area contributed by atoms with E-state index in [4.69, 9.17) is 67.3 Å². The zero-order chi connectivity index (χ0) is 59.6. The Morgan fingerprint density at radius 3 is 0.987 bits per heavy atom. The molecule has 0 aromatic rings. The minimum atomic E-state index is -2.33. The van der Waals surface area contributed by atoms with Crippen molar-refractivity contribution in [1.29, 1.82) is 0 Å². The standard InChI is InChI=1S/C14H28O8Si3.C14H34O5Si4.C9H22O4Si3.C8H18O4Si2/c1-24(2,3)22-25(4,8-6-12-10-18-14(16)20-12)21-23-7-5-11-9-17-13(15)19-11;1-20(2,3)18-22(7,8)19-23(9,21(4,5)6)11-10-13-12-16-14(15)17-13;1-15(2,3)16(4,13-14)6-5-8-7-11-9(10)12-8;1-14(2,3)12-13-5-4-7-6-10-8(9)11-7/h11-12H,5-10,23H2,1-4H3;13H,10-12H2,1-9H3;8H,5-7H2,1-4,14H3;7H,4-6,13H2,1-3H3. The van der Waals surface area contributed by atoms with Crippen LogP contribution in [0.2, 0.25) is 161 Å². The van der Waals surface area contributed by atoms with Crippen LogP contribution in [0.25, 0.3) is 0 Å². The maximum Gasteiger partial charge on any atom is 0.508 e. The van der Waals surface area contributed by atoms with Gasteiger partial charge < -0.3 is 72.1 Å². The molecule has 456 valence electrons. The first-order chi connectivity index (χ1) is 35.5. The summed E-state index contributed by atoms with van der Waals surface area (Å²) in [5, 5.41) is 0. The van der Waals surface area contributed by atoms with Gasteiger partial charge in [0.25, 0.3) is 0 Å². The number of ether oxygens (including phenoxy) is 10. The van der Waals surface area contributed by atoms with E-state index < -0.39 is 123 Å². The molecule has 0 amide bonds. The van der Waals surface area contributed by atoms with Gasteiger partial charge in [-0.1, -0.05) is 39.3 Å². The normalized spacial score (nSPS) is 24.3. The Hall–Kier alpha value is -1.29. The van der Waals surface area contributed by atoms with Crippen molar-refractivity contribution in [3.8, 4) is 0 Å². The van der Waals surface area contributed by atoms with Gasteiger partial charge in [0.1, 0.15) is 93.6 Å². The molecule has 5 fully saturated rings. The van der Waals surface area contributed by atoms with Crippen molar-refractivity contribution in [2.75, 3.05) is 33.0 Å². The van der Waals surface area contributed by atoms with Gasteiger partial charge >= 0.3 is 47.9 Å². The van der Waals surface area contributed by atoms with Gasteiger partial charge in [0.15, 0.2) is 40.6 Å². The van der Waals surface area contributed by atoms with Crippen molar-refractivity contribution in [3.05, 3.63) is 0 Å². The lowest BCUT2D eigenvalue weighted by atomic mass is 10.3. The highest BCUT2D eigenvalue weighted by atomic mass is 29.3. The number of carbonyl (C=O) groups excluding carboxylic acids is 5. The van der Waals surface area contributed by atoms with E-state index in [9.17, 15) is 24.0 Å². The lowest BCUT2D eigenvalue weighted by molar-refractivity contribution is 0.115. The van der Waals surface area contributed by atoms with E-state index in [2.05, 4.69) is 136 Å². The molecule has 5 saturated heterocycles. The Balaban J connectivity index is 0.000000365. The highest BCUT2D eigenvalue weighted by Crippen LogP contribution is 2.33. The van der Waals surface area contributed by atoms with Crippen LogP contribution in [0.4, 0.5) is 24.0 Å². The van der Waals surface area contributed by atoms with Gasteiger partial charge in [-0.3, -0.25) is 0 Å². The van der Waals surface area contributed by atoms with E-state index in [0.29, 0.717) is 39.5 Å². The lowest BCUT2D eigenvalue weighted by Gasteiger charge is -2.45. The predicted octanol–water partition coefficient (Wildman–Crippen LogP) is 9.22. The van der Waals surface area contributed by atoms with Crippen LogP contribution < -0.4 is 0 Å². The summed E-state index contributed by atoms with van der Waals surface area (Å²) in [6, 6.07) is 4.81. The molecule has 8 atom stereocenters. The van der Waals surface area contributed by atoms with Crippen LogP contribution in [0.1, 0.15) is 32.1 Å². The molecule has 21 nitrogen and oxygen atoms in total. The molecule has 5 aliphatic heterocycles. The van der Waals surface area contributed by atoms with Crippen molar-refractivity contribution < 1.29 is 96.0 Å². The molecule has 0 saturated carbocycles. The second-order valence-corrected chi connectivity index (χ2v) is 83.6. The van der Waals surface area contributed by atoms with Crippen LogP contribution in [0.5, 0.6) is 0 Å². The van der Waals surface area contributed by atoms with Gasteiger partial charge in [0.05, 0.1) is 15.2 Å². The maximum atomic E-state index is 11.1. The quantitative estimate of drug-likeness (QED) is 0.0307. The molecule has 8 unspecified atom stereocenters. The van der Waals surface area contributed by atoms with E-state index in [1.807, 2.05) is 0 Å². The average Bonchev–Trinajstić information content (AvgIpc) is 4.14. The summed E-state index contributed by atoms with van der Waals surface area (Å²) in [5.74, 6) is 0. The van der Waals surface area contributed by atoms with Crippen LogP contribution >= 0.6 is 0 Å². The van der Waals surface area contributed by atoms with Gasteiger partial charge in [-0.25, -0.2) is 24.0 Å².